The fourth-order valence-electron chi connectivity index (χ4n) is 2.74. The van der Waals surface area contributed by atoms with Crippen molar-refractivity contribution in [3.63, 3.8) is 0 Å². The summed E-state index contributed by atoms with van der Waals surface area (Å²) in [4.78, 5) is 12.3. The Morgan fingerprint density at radius 3 is 2.79 bits per heavy atom. The van der Waals surface area contributed by atoms with Gasteiger partial charge in [-0.2, -0.15) is 5.10 Å². The fourth-order valence-corrected chi connectivity index (χ4v) is 2.74. The van der Waals surface area contributed by atoms with Gasteiger partial charge in [-0.1, -0.05) is 6.42 Å². The zero-order chi connectivity index (χ0) is 13.2. The van der Waals surface area contributed by atoms with Crippen LogP contribution >= 0.6 is 0 Å². The molecule has 0 bridgehead atoms. The average Bonchev–Trinajstić information content (AvgIpc) is 2.78. The molecule has 3 rings (SSSR count). The minimum Gasteiger partial charge on any atom is -0.494 e. The minimum atomic E-state index is 0.0281. The van der Waals surface area contributed by atoms with Crippen molar-refractivity contribution < 1.29 is 9.53 Å². The summed E-state index contributed by atoms with van der Waals surface area (Å²) >= 11 is 0. The van der Waals surface area contributed by atoms with Gasteiger partial charge < -0.3 is 4.74 Å². The highest BCUT2D eigenvalue weighted by Crippen LogP contribution is 2.32. The molecule has 19 heavy (non-hydrogen) atoms. The molecule has 1 heterocycles. The lowest BCUT2D eigenvalue weighted by atomic mass is 9.87. The molecule has 1 aliphatic carbocycles. The second-order valence-corrected chi connectivity index (χ2v) is 4.97. The number of hydrazone groups is 1. The highest BCUT2D eigenvalue weighted by Gasteiger charge is 2.37. The monoisotopic (exact) mass is 258 g/mol. The number of amides is 1. The highest BCUT2D eigenvalue weighted by molar-refractivity contribution is 6.15. The third kappa shape index (κ3) is 2.23. The van der Waals surface area contributed by atoms with Gasteiger partial charge in [0.05, 0.1) is 23.9 Å². The Labute approximate surface area is 113 Å². The predicted octanol–water partition coefficient (Wildman–Crippen LogP) is 2.98. The van der Waals surface area contributed by atoms with Crippen LogP contribution < -0.4 is 9.75 Å². The lowest BCUT2D eigenvalue weighted by Gasteiger charge is -2.17. The van der Waals surface area contributed by atoms with Crippen LogP contribution in [0.2, 0.25) is 0 Å². The number of hydrogen-bond acceptors (Lipinski definition) is 3. The Morgan fingerprint density at radius 1 is 1.32 bits per heavy atom. The second kappa shape index (κ2) is 5.03. The van der Waals surface area contributed by atoms with Gasteiger partial charge in [-0.25, -0.2) is 5.01 Å². The first-order valence-electron chi connectivity index (χ1n) is 6.94. The van der Waals surface area contributed by atoms with Crippen LogP contribution in [-0.4, -0.2) is 18.2 Å². The van der Waals surface area contributed by atoms with E-state index in [-0.39, 0.29) is 11.8 Å². The van der Waals surface area contributed by atoms with Crippen LogP contribution in [0.1, 0.15) is 32.6 Å². The molecule has 1 saturated carbocycles. The van der Waals surface area contributed by atoms with Gasteiger partial charge in [-0.15, -0.1) is 0 Å². The smallest absolute Gasteiger partial charge is 0.256 e. The first-order chi connectivity index (χ1) is 9.29. The van der Waals surface area contributed by atoms with E-state index in [2.05, 4.69) is 5.10 Å². The molecule has 1 unspecified atom stereocenters. The van der Waals surface area contributed by atoms with Crippen LogP contribution in [0.3, 0.4) is 0 Å². The van der Waals surface area contributed by atoms with Gasteiger partial charge in [0.25, 0.3) is 5.91 Å². The molecule has 4 heteroatoms. The molecule has 1 amide bonds. The number of carbonyl (C=O) groups is 1. The predicted molar refractivity (Wildman–Crippen MR) is 74.5 cm³/mol. The molecular formula is C15H18N2O2. The van der Waals surface area contributed by atoms with E-state index in [1.165, 1.54) is 0 Å². The minimum absolute atomic E-state index is 0.0281. The van der Waals surface area contributed by atoms with E-state index in [1.54, 1.807) is 5.01 Å². The molecule has 0 N–H and O–H groups in total. The van der Waals surface area contributed by atoms with Crippen LogP contribution in [0.5, 0.6) is 5.75 Å². The number of carbonyl (C=O) groups excluding carboxylic acids is 1. The summed E-state index contributed by atoms with van der Waals surface area (Å²) in [6.45, 7) is 2.60. The molecule has 4 nitrogen and oxygen atoms in total. The van der Waals surface area contributed by atoms with Crippen LogP contribution in [0.25, 0.3) is 0 Å². The molecule has 1 aromatic carbocycles. The van der Waals surface area contributed by atoms with Gasteiger partial charge >= 0.3 is 0 Å². The van der Waals surface area contributed by atoms with Crippen LogP contribution in [-0.2, 0) is 4.79 Å². The molecule has 1 fully saturated rings. The lowest BCUT2D eigenvalue weighted by Crippen LogP contribution is -2.28. The van der Waals surface area contributed by atoms with E-state index < -0.39 is 0 Å². The largest absolute Gasteiger partial charge is 0.494 e. The number of fused-ring (bicyclic) bond motifs is 1. The summed E-state index contributed by atoms with van der Waals surface area (Å²) in [7, 11) is 0. The van der Waals surface area contributed by atoms with Crippen molar-refractivity contribution in [2.24, 2.45) is 11.0 Å². The number of hydrogen-bond donors (Lipinski definition) is 0. The van der Waals surface area contributed by atoms with E-state index in [0.717, 1.165) is 42.8 Å². The van der Waals surface area contributed by atoms with Gasteiger partial charge in [0.2, 0.25) is 0 Å². The third-order valence-electron chi connectivity index (χ3n) is 3.71. The summed E-state index contributed by atoms with van der Waals surface area (Å²) in [6, 6.07) is 7.55. The Kier molecular flexibility index (Phi) is 3.23. The van der Waals surface area contributed by atoms with E-state index in [4.69, 9.17) is 4.74 Å². The highest BCUT2D eigenvalue weighted by atomic mass is 16.5. The number of benzene rings is 1. The van der Waals surface area contributed by atoms with E-state index in [1.807, 2.05) is 31.2 Å². The summed E-state index contributed by atoms with van der Waals surface area (Å²) in [5.74, 6) is 0.974. The fraction of sp³-hybridized carbons (Fsp3) is 0.467. The Bertz CT molecular complexity index is 507. The standard InChI is InChI=1S/C15H18N2O2/c1-2-19-12-9-7-11(8-10-12)17-15(18)13-5-3-4-6-14(13)16-17/h7-10,13H,2-6H2,1H3. The Morgan fingerprint density at radius 2 is 2.11 bits per heavy atom. The molecule has 100 valence electrons. The molecule has 0 aromatic heterocycles. The molecule has 1 aromatic rings. The maximum atomic E-state index is 12.3. The summed E-state index contributed by atoms with van der Waals surface area (Å²) in [6.07, 6.45) is 4.20. The molecular weight excluding hydrogens is 240 g/mol. The zero-order valence-corrected chi connectivity index (χ0v) is 11.1. The quantitative estimate of drug-likeness (QED) is 0.836. The summed E-state index contributed by atoms with van der Waals surface area (Å²) in [5, 5.41) is 6.05. The topological polar surface area (TPSA) is 41.9 Å². The summed E-state index contributed by atoms with van der Waals surface area (Å²) < 4.78 is 5.41. The van der Waals surface area contributed by atoms with Crippen molar-refractivity contribution in [3.05, 3.63) is 24.3 Å². The van der Waals surface area contributed by atoms with Gasteiger partial charge in [0, 0.05) is 0 Å². The Balaban J connectivity index is 1.82. The van der Waals surface area contributed by atoms with Gasteiger partial charge in [-0.05, 0) is 50.5 Å². The van der Waals surface area contributed by atoms with Crippen LogP contribution in [0.4, 0.5) is 5.69 Å². The van der Waals surface area contributed by atoms with Crippen molar-refractivity contribution in [1.29, 1.82) is 0 Å². The molecule has 0 saturated heterocycles. The number of nitrogens with zero attached hydrogens (tertiary/aromatic N) is 2. The Hall–Kier alpha value is -1.84. The number of ether oxygens (including phenoxy) is 1. The van der Waals surface area contributed by atoms with Crippen LogP contribution in [0, 0.1) is 5.92 Å². The lowest BCUT2D eigenvalue weighted by molar-refractivity contribution is -0.120. The van der Waals surface area contributed by atoms with Gasteiger partial charge in [0.1, 0.15) is 5.75 Å². The molecule has 0 radical (unpaired) electrons. The van der Waals surface area contributed by atoms with Crippen molar-refractivity contribution in [1.82, 2.24) is 0 Å². The van der Waals surface area contributed by atoms with Gasteiger partial charge in [-0.3, -0.25) is 4.79 Å². The van der Waals surface area contributed by atoms with E-state index in [0.29, 0.717) is 6.61 Å². The van der Waals surface area contributed by atoms with E-state index in [9.17, 15) is 4.79 Å². The molecule has 2 aliphatic rings. The van der Waals surface area contributed by atoms with Crippen LogP contribution in [0.15, 0.2) is 29.4 Å². The third-order valence-corrected chi connectivity index (χ3v) is 3.71. The first-order valence-corrected chi connectivity index (χ1v) is 6.94. The van der Waals surface area contributed by atoms with Crippen molar-refractivity contribution in [3.8, 4) is 5.75 Å². The van der Waals surface area contributed by atoms with Crippen molar-refractivity contribution in [2.45, 2.75) is 32.6 Å². The molecule has 1 atom stereocenters. The normalized spacial score (nSPS) is 22.2. The maximum absolute atomic E-state index is 12.3. The first kappa shape index (κ1) is 12.2. The number of rotatable bonds is 3. The van der Waals surface area contributed by atoms with Crippen molar-refractivity contribution in [2.75, 3.05) is 11.6 Å². The molecule has 0 spiro atoms. The van der Waals surface area contributed by atoms with Gasteiger partial charge in [0.15, 0.2) is 0 Å². The average molecular weight is 258 g/mol. The SMILES string of the molecule is CCOc1ccc(N2N=C3CCCCC3C2=O)cc1. The maximum Gasteiger partial charge on any atom is 0.256 e. The second-order valence-electron chi connectivity index (χ2n) is 4.97. The van der Waals surface area contributed by atoms with Crippen molar-refractivity contribution >= 4 is 17.3 Å². The van der Waals surface area contributed by atoms with E-state index >= 15 is 0 Å². The zero-order valence-electron chi connectivity index (χ0n) is 11.1. The number of anilines is 1. The summed E-state index contributed by atoms with van der Waals surface area (Å²) in [5.41, 5.74) is 1.89. The molecule has 1 aliphatic heterocycles.